The minimum Gasteiger partial charge on any atom is -0.388 e. The van der Waals surface area contributed by atoms with Crippen LogP contribution in [0.5, 0.6) is 0 Å². The summed E-state index contributed by atoms with van der Waals surface area (Å²) < 4.78 is 0. The Balaban J connectivity index is 2.89. The van der Waals surface area contributed by atoms with Crippen molar-refractivity contribution in [1.82, 2.24) is 0 Å². The molecule has 0 aliphatic heterocycles. The third-order valence-corrected chi connectivity index (χ3v) is 2.31. The van der Waals surface area contributed by atoms with Crippen LogP contribution in [0.2, 0.25) is 0 Å². The van der Waals surface area contributed by atoms with Gasteiger partial charge in [-0.15, -0.1) is 6.58 Å². The van der Waals surface area contributed by atoms with Crippen LogP contribution in [0.3, 0.4) is 0 Å². The lowest BCUT2D eigenvalue weighted by Gasteiger charge is -2.10. The molecule has 0 aliphatic carbocycles. The molecule has 0 bridgehead atoms. The van der Waals surface area contributed by atoms with Crippen molar-refractivity contribution in [3.05, 3.63) is 47.5 Å². The Morgan fingerprint density at radius 3 is 2.62 bits per heavy atom. The van der Waals surface area contributed by atoms with E-state index >= 15 is 0 Å². The van der Waals surface area contributed by atoms with Crippen molar-refractivity contribution >= 4 is 0 Å². The molecular weight excluding hydrogens is 160 g/mol. The summed E-state index contributed by atoms with van der Waals surface area (Å²) in [6, 6.07) is 6.04. The second-order valence-corrected chi connectivity index (χ2v) is 3.38. The van der Waals surface area contributed by atoms with Gasteiger partial charge in [-0.25, -0.2) is 0 Å². The van der Waals surface area contributed by atoms with Gasteiger partial charge in [0, 0.05) is 0 Å². The van der Waals surface area contributed by atoms with Crippen molar-refractivity contribution in [2.45, 2.75) is 26.4 Å². The van der Waals surface area contributed by atoms with E-state index in [0.29, 0.717) is 6.42 Å². The van der Waals surface area contributed by atoms with Crippen LogP contribution in [-0.2, 0) is 0 Å². The Labute approximate surface area is 79.7 Å². The van der Waals surface area contributed by atoms with Gasteiger partial charge in [0.2, 0.25) is 0 Å². The topological polar surface area (TPSA) is 20.2 Å². The molecule has 1 aromatic carbocycles. The van der Waals surface area contributed by atoms with E-state index < -0.39 is 6.10 Å². The minimum atomic E-state index is -0.406. The Bertz CT molecular complexity index is 302. The second kappa shape index (κ2) is 4.24. The van der Waals surface area contributed by atoms with Crippen molar-refractivity contribution in [1.29, 1.82) is 0 Å². The number of rotatable bonds is 3. The van der Waals surface area contributed by atoms with Crippen molar-refractivity contribution in [3.8, 4) is 0 Å². The highest BCUT2D eigenvalue weighted by atomic mass is 16.3. The summed E-state index contributed by atoms with van der Waals surface area (Å²) >= 11 is 0. The number of hydrogen-bond donors (Lipinski definition) is 1. The first-order valence-electron chi connectivity index (χ1n) is 4.51. The highest BCUT2D eigenvalue weighted by molar-refractivity contribution is 5.31. The molecule has 1 rings (SSSR count). The molecule has 0 aliphatic rings. The first-order chi connectivity index (χ1) is 6.15. The van der Waals surface area contributed by atoms with Gasteiger partial charge in [-0.05, 0) is 37.0 Å². The molecule has 1 unspecified atom stereocenters. The lowest BCUT2D eigenvalue weighted by atomic mass is 10.0. The largest absolute Gasteiger partial charge is 0.388 e. The Hall–Kier alpha value is -1.08. The SMILES string of the molecule is C=CCC(O)c1ccc(C)c(C)c1. The molecule has 1 atom stereocenters. The van der Waals surface area contributed by atoms with Crippen LogP contribution in [-0.4, -0.2) is 5.11 Å². The van der Waals surface area contributed by atoms with Gasteiger partial charge < -0.3 is 5.11 Å². The van der Waals surface area contributed by atoms with Gasteiger partial charge in [-0.2, -0.15) is 0 Å². The molecular formula is C12H16O. The third-order valence-electron chi connectivity index (χ3n) is 2.31. The zero-order valence-electron chi connectivity index (χ0n) is 8.25. The summed E-state index contributed by atoms with van der Waals surface area (Å²) in [5.41, 5.74) is 3.46. The lowest BCUT2D eigenvalue weighted by Crippen LogP contribution is -1.96. The summed E-state index contributed by atoms with van der Waals surface area (Å²) in [4.78, 5) is 0. The van der Waals surface area contributed by atoms with Crippen molar-refractivity contribution in [3.63, 3.8) is 0 Å². The summed E-state index contributed by atoms with van der Waals surface area (Å²) in [6.45, 7) is 7.73. The first-order valence-corrected chi connectivity index (χ1v) is 4.51. The molecule has 1 heteroatoms. The highest BCUT2D eigenvalue weighted by Gasteiger charge is 2.05. The fourth-order valence-electron chi connectivity index (χ4n) is 1.27. The Kier molecular flexibility index (Phi) is 3.26. The van der Waals surface area contributed by atoms with Gasteiger partial charge >= 0.3 is 0 Å². The van der Waals surface area contributed by atoms with Crippen molar-refractivity contribution in [2.24, 2.45) is 0 Å². The normalized spacial score (nSPS) is 12.5. The predicted molar refractivity (Wildman–Crippen MR) is 55.7 cm³/mol. The minimum absolute atomic E-state index is 0.406. The zero-order chi connectivity index (χ0) is 9.84. The molecule has 0 fully saturated rings. The molecule has 1 N–H and O–H groups in total. The zero-order valence-corrected chi connectivity index (χ0v) is 8.25. The first kappa shape index (κ1) is 10.0. The summed E-state index contributed by atoms with van der Waals surface area (Å²) in [7, 11) is 0. The van der Waals surface area contributed by atoms with E-state index in [1.54, 1.807) is 6.08 Å². The monoisotopic (exact) mass is 176 g/mol. The molecule has 1 nitrogen and oxygen atoms in total. The van der Waals surface area contributed by atoms with E-state index in [9.17, 15) is 5.11 Å². The number of hydrogen-bond acceptors (Lipinski definition) is 1. The van der Waals surface area contributed by atoms with E-state index in [2.05, 4.69) is 20.4 Å². The maximum atomic E-state index is 9.66. The molecule has 0 aromatic heterocycles. The maximum absolute atomic E-state index is 9.66. The molecule has 0 radical (unpaired) electrons. The van der Waals surface area contributed by atoms with E-state index in [-0.39, 0.29) is 0 Å². The van der Waals surface area contributed by atoms with Crippen LogP contribution in [0.25, 0.3) is 0 Å². The van der Waals surface area contributed by atoms with E-state index in [1.165, 1.54) is 11.1 Å². The molecule has 13 heavy (non-hydrogen) atoms. The van der Waals surface area contributed by atoms with Gasteiger partial charge in [0.05, 0.1) is 6.10 Å². The average molecular weight is 176 g/mol. The Morgan fingerprint density at radius 1 is 1.38 bits per heavy atom. The molecule has 0 amide bonds. The lowest BCUT2D eigenvalue weighted by molar-refractivity contribution is 0.181. The molecule has 0 heterocycles. The standard InChI is InChI=1S/C12H16O/c1-4-5-12(13)11-7-6-9(2)10(3)8-11/h4,6-8,12-13H,1,5H2,2-3H3. The Morgan fingerprint density at radius 2 is 2.08 bits per heavy atom. The number of aryl methyl sites for hydroxylation is 2. The molecule has 0 spiro atoms. The predicted octanol–water partition coefficient (Wildman–Crippen LogP) is 2.91. The van der Waals surface area contributed by atoms with Gasteiger partial charge in [-0.3, -0.25) is 0 Å². The van der Waals surface area contributed by atoms with Crippen LogP contribution < -0.4 is 0 Å². The number of aliphatic hydroxyl groups excluding tert-OH is 1. The smallest absolute Gasteiger partial charge is 0.0824 e. The van der Waals surface area contributed by atoms with Gasteiger partial charge in [0.25, 0.3) is 0 Å². The highest BCUT2D eigenvalue weighted by Crippen LogP contribution is 2.19. The molecule has 0 saturated carbocycles. The summed E-state index contributed by atoms with van der Waals surface area (Å²) in [5, 5.41) is 9.66. The molecule has 1 aromatic rings. The second-order valence-electron chi connectivity index (χ2n) is 3.38. The summed E-state index contributed by atoms with van der Waals surface area (Å²) in [6.07, 6.45) is 1.94. The fourth-order valence-corrected chi connectivity index (χ4v) is 1.27. The van der Waals surface area contributed by atoms with Crippen molar-refractivity contribution < 1.29 is 5.11 Å². The van der Waals surface area contributed by atoms with Crippen LogP contribution >= 0.6 is 0 Å². The van der Waals surface area contributed by atoms with Gasteiger partial charge in [0.15, 0.2) is 0 Å². The fraction of sp³-hybridized carbons (Fsp3) is 0.333. The van der Waals surface area contributed by atoms with Crippen LogP contribution in [0.15, 0.2) is 30.9 Å². The maximum Gasteiger partial charge on any atom is 0.0824 e. The summed E-state index contributed by atoms with van der Waals surface area (Å²) in [5.74, 6) is 0. The quantitative estimate of drug-likeness (QED) is 0.702. The van der Waals surface area contributed by atoms with E-state index in [0.717, 1.165) is 5.56 Å². The van der Waals surface area contributed by atoms with E-state index in [1.807, 2.05) is 18.2 Å². The van der Waals surface area contributed by atoms with Gasteiger partial charge in [-0.1, -0.05) is 24.3 Å². The van der Waals surface area contributed by atoms with Crippen LogP contribution in [0, 0.1) is 13.8 Å². The van der Waals surface area contributed by atoms with Crippen LogP contribution in [0.1, 0.15) is 29.2 Å². The van der Waals surface area contributed by atoms with Crippen molar-refractivity contribution in [2.75, 3.05) is 0 Å². The average Bonchev–Trinajstić information content (AvgIpc) is 2.10. The number of benzene rings is 1. The molecule has 0 saturated heterocycles. The number of aliphatic hydroxyl groups is 1. The van der Waals surface area contributed by atoms with E-state index in [4.69, 9.17) is 0 Å². The van der Waals surface area contributed by atoms with Gasteiger partial charge in [0.1, 0.15) is 0 Å². The third kappa shape index (κ3) is 2.43. The van der Waals surface area contributed by atoms with Crippen LogP contribution in [0.4, 0.5) is 0 Å². The molecule has 70 valence electrons.